The first kappa shape index (κ1) is 30.3. The summed E-state index contributed by atoms with van der Waals surface area (Å²) in [6.07, 6.45) is 0.946. The lowest BCUT2D eigenvalue weighted by atomic mass is 10.00. The second-order valence-corrected chi connectivity index (χ2v) is 12.2. The number of hydrogen-bond donors (Lipinski definition) is 4. The number of aryl methyl sites for hydroxylation is 1. The lowest BCUT2D eigenvalue weighted by Crippen LogP contribution is -2.48. The molecule has 41 heavy (non-hydrogen) atoms. The minimum Gasteiger partial charge on any atom is -0.390 e. The molecule has 4 aromatic rings. The summed E-state index contributed by atoms with van der Waals surface area (Å²) in [4.78, 5) is 17.0. The molecule has 12 heteroatoms. The van der Waals surface area contributed by atoms with Crippen LogP contribution >= 0.6 is 11.3 Å². The standard InChI is InChI=1S/C29H30F2N4O4S2/c1-2-19-5-3-6-20(9-19)15-32-16-27(36)26(12-21-10-23(30)14-24(31)11-21)34-29(37)22-7-4-8-25(13-22)35-41(38,39)28-17-33-18-40-28/h3-11,13-14,17-18,26-27,32,35-36H,2,12,15-16H2,1H3,(H,34,37)/t26-,27+/m0/s1. The molecule has 1 aromatic heterocycles. The van der Waals surface area contributed by atoms with E-state index >= 15 is 0 Å². The van der Waals surface area contributed by atoms with Crippen molar-refractivity contribution in [3.63, 3.8) is 0 Å². The van der Waals surface area contributed by atoms with Crippen LogP contribution in [0.4, 0.5) is 14.5 Å². The lowest BCUT2D eigenvalue weighted by molar-refractivity contribution is 0.0830. The molecule has 8 nitrogen and oxygen atoms in total. The highest BCUT2D eigenvalue weighted by molar-refractivity contribution is 7.94. The van der Waals surface area contributed by atoms with Crippen LogP contribution in [-0.4, -0.2) is 43.1 Å². The summed E-state index contributed by atoms with van der Waals surface area (Å²) in [5, 5.41) is 17.0. The summed E-state index contributed by atoms with van der Waals surface area (Å²) in [5.41, 5.74) is 4.15. The fraction of sp³-hybridized carbons (Fsp3) is 0.241. The van der Waals surface area contributed by atoms with E-state index in [1.165, 1.54) is 41.5 Å². The molecule has 4 rings (SSSR count). The van der Waals surface area contributed by atoms with E-state index in [2.05, 4.69) is 33.3 Å². The number of halogens is 2. The molecule has 0 spiro atoms. The second-order valence-electron chi connectivity index (χ2n) is 9.44. The summed E-state index contributed by atoms with van der Waals surface area (Å²) < 4.78 is 55.3. The SMILES string of the molecule is CCc1cccc(CNC[C@@H](O)[C@H](Cc2cc(F)cc(F)c2)NC(=O)c2cccc(NS(=O)(=O)c3cncs3)c2)c1. The number of hydrogen-bond acceptors (Lipinski definition) is 7. The molecule has 0 unspecified atom stereocenters. The lowest BCUT2D eigenvalue weighted by Gasteiger charge is -2.25. The molecule has 0 radical (unpaired) electrons. The number of benzene rings is 3. The Morgan fingerprint density at radius 1 is 1.00 bits per heavy atom. The van der Waals surface area contributed by atoms with Crippen LogP contribution in [0, 0.1) is 11.6 Å². The maximum Gasteiger partial charge on any atom is 0.273 e. The number of aliphatic hydroxyl groups excluding tert-OH is 1. The largest absolute Gasteiger partial charge is 0.390 e. The van der Waals surface area contributed by atoms with Gasteiger partial charge in [0.2, 0.25) is 0 Å². The van der Waals surface area contributed by atoms with Gasteiger partial charge in [0.05, 0.1) is 23.9 Å². The van der Waals surface area contributed by atoms with Crippen molar-refractivity contribution in [3.8, 4) is 0 Å². The number of rotatable bonds is 13. The molecule has 0 aliphatic carbocycles. The summed E-state index contributed by atoms with van der Waals surface area (Å²) in [5.74, 6) is -2.13. The molecule has 0 aliphatic heterocycles. The summed E-state index contributed by atoms with van der Waals surface area (Å²) >= 11 is 0.953. The molecule has 4 N–H and O–H groups in total. The van der Waals surface area contributed by atoms with E-state index in [0.717, 1.165) is 41.5 Å². The molecule has 0 aliphatic rings. The minimum absolute atomic E-state index is 0.0202. The van der Waals surface area contributed by atoms with E-state index in [4.69, 9.17) is 0 Å². The zero-order valence-corrected chi connectivity index (χ0v) is 23.8. The Labute approximate surface area is 241 Å². The third-order valence-corrected chi connectivity index (χ3v) is 8.94. The molecule has 3 aromatic carbocycles. The molecule has 0 saturated heterocycles. The maximum atomic E-state index is 13.9. The first-order valence-corrected chi connectivity index (χ1v) is 15.2. The Balaban J connectivity index is 1.48. The van der Waals surface area contributed by atoms with Gasteiger partial charge in [0.15, 0.2) is 4.21 Å². The van der Waals surface area contributed by atoms with E-state index in [0.29, 0.717) is 6.54 Å². The summed E-state index contributed by atoms with van der Waals surface area (Å²) in [7, 11) is -3.88. The number of nitrogens with zero attached hydrogens (tertiary/aromatic N) is 1. The highest BCUT2D eigenvalue weighted by Crippen LogP contribution is 2.20. The van der Waals surface area contributed by atoms with Gasteiger partial charge < -0.3 is 15.7 Å². The van der Waals surface area contributed by atoms with E-state index in [1.807, 2.05) is 18.2 Å². The van der Waals surface area contributed by atoms with Gasteiger partial charge in [0.25, 0.3) is 15.9 Å². The summed E-state index contributed by atoms with van der Waals surface area (Å²) in [6.45, 7) is 2.63. The van der Waals surface area contributed by atoms with Crippen LogP contribution in [-0.2, 0) is 29.4 Å². The second kappa shape index (κ2) is 13.8. The Morgan fingerprint density at radius 2 is 1.73 bits per heavy atom. The Hall–Kier alpha value is -3.71. The molecule has 2 atom stereocenters. The molecule has 216 valence electrons. The quantitative estimate of drug-likeness (QED) is 0.182. The number of sulfonamides is 1. The topological polar surface area (TPSA) is 120 Å². The van der Waals surface area contributed by atoms with Gasteiger partial charge >= 0.3 is 0 Å². The molecule has 0 bridgehead atoms. The number of aromatic nitrogens is 1. The van der Waals surface area contributed by atoms with E-state index < -0.39 is 39.7 Å². The van der Waals surface area contributed by atoms with Gasteiger partial charge in [0, 0.05) is 30.4 Å². The highest BCUT2D eigenvalue weighted by Gasteiger charge is 2.24. The first-order valence-electron chi connectivity index (χ1n) is 12.9. The smallest absolute Gasteiger partial charge is 0.273 e. The minimum atomic E-state index is -3.88. The average molecular weight is 601 g/mol. The molecule has 1 heterocycles. The van der Waals surface area contributed by atoms with Crippen LogP contribution in [0.15, 0.2) is 82.6 Å². The summed E-state index contributed by atoms with van der Waals surface area (Å²) in [6, 6.07) is 16.0. The highest BCUT2D eigenvalue weighted by atomic mass is 32.2. The molecular weight excluding hydrogens is 570 g/mol. The first-order chi connectivity index (χ1) is 19.6. The average Bonchev–Trinajstić information content (AvgIpc) is 3.49. The zero-order valence-electron chi connectivity index (χ0n) is 22.2. The van der Waals surface area contributed by atoms with Gasteiger partial charge in [0.1, 0.15) is 11.6 Å². The van der Waals surface area contributed by atoms with Crippen molar-refractivity contribution in [1.82, 2.24) is 15.6 Å². The van der Waals surface area contributed by atoms with Crippen molar-refractivity contribution in [3.05, 3.63) is 112 Å². The van der Waals surface area contributed by atoms with E-state index in [1.54, 1.807) is 0 Å². The zero-order chi connectivity index (χ0) is 29.4. The maximum absolute atomic E-state index is 13.9. The predicted molar refractivity (Wildman–Crippen MR) is 154 cm³/mol. The van der Waals surface area contributed by atoms with Crippen molar-refractivity contribution in [2.75, 3.05) is 11.3 Å². The third kappa shape index (κ3) is 8.64. The van der Waals surface area contributed by atoms with Crippen LogP contribution in [0.1, 0.15) is 34.0 Å². The van der Waals surface area contributed by atoms with Crippen LogP contribution in [0.3, 0.4) is 0 Å². The number of carbonyl (C=O) groups is 1. The fourth-order valence-corrected chi connectivity index (χ4v) is 6.10. The van der Waals surface area contributed by atoms with Crippen molar-refractivity contribution in [2.24, 2.45) is 0 Å². The van der Waals surface area contributed by atoms with E-state index in [-0.39, 0.29) is 34.0 Å². The Morgan fingerprint density at radius 3 is 2.44 bits per heavy atom. The molecule has 0 fully saturated rings. The van der Waals surface area contributed by atoms with Gasteiger partial charge in [-0.05, 0) is 59.9 Å². The number of anilines is 1. The van der Waals surface area contributed by atoms with E-state index in [9.17, 15) is 27.1 Å². The third-order valence-electron chi connectivity index (χ3n) is 6.29. The van der Waals surface area contributed by atoms with Crippen molar-refractivity contribution in [1.29, 1.82) is 0 Å². The Kier molecular flexibility index (Phi) is 10.2. The number of thiazole rings is 1. The van der Waals surface area contributed by atoms with Crippen molar-refractivity contribution >= 4 is 33.0 Å². The normalized spacial score (nSPS) is 13.0. The van der Waals surface area contributed by atoms with Gasteiger partial charge in [-0.15, -0.1) is 11.3 Å². The van der Waals surface area contributed by atoms with Gasteiger partial charge in [-0.25, -0.2) is 17.2 Å². The molecule has 0 saturated carbocycles. The monoisotopic (exact) mass is 600 g/mol. The predicted octanol–water partition coefficient (Wildman–Crippen LogP) is 4.28. The van der Waals surface area contributed by atoms with Crippen LogP contribution < -0.4 is 15.4 Å². The van der Waals surface area contributed by atoms with Crippen LogP contribution in [0.25, 0.3) is 0 Å². The number of carbonyl (C=O) groups excluding carboxylic acids is 1. The van der Waals surface area contributed by atoms with Crippen molar-refractivity contribution in [2.45, 2.75) is 42.7 Å². The van der Waals surface area contributed by atoms with Gasteiger partial charge in [-0.1, -0.05) is 37.3 Å². The Bertz CT molecular complexity index is 1560. The van der Waals surface area contributed by atoms with Crippen LogP contribution in [0.5, 0.6) is 0 Å². The van der Waals surface area contributed by atoms with Crippen molar-refractivity contribution < 1.29 is 27.1 Å². The van der Waals surface area contributed by atoms with Crippen LogP contribution in [0.2, 0.25) is 0 Å². The number of amides is 1. The number of aliphatic hydroxyl groups is 1. The van der Waals surface area contributed by atoms with Gasteiger partial charge in [-0.2, -0.15) is 0 Å². The molecule has 1 amide bonds. The van der Waals surface area contributed by atoms with Gasteiger partial charge in [-0.3, -0.25) is 14.5 Å². The fourth-order valence-electron chi connectivity index (χ4n) is 4.25. The number of nitrogens with one attached hydrogen (secondary N) is 3. The molecular formula is C29H30F2N4O4S2.